The van der Waals surface area contributed by atoms with Gasteiger partial charge in [0.25, 0.3) is 0 Å². The average molecular weight is 185 g/mol. The normalized spacial score (nSPS) is 10.5. The molecule has 0 aliphatic carbocycles. The fraction of sp³-hybridized carbons (Fsp3) is 0.556. The van der Waals surface area contributed by atoms with E-state index in [4.69, 9.17) is 0 Å². The van der Waals surface area contributed by atoms with Crippen LogP contribution in [0.1, 0.15) is 13.8 Å². The summed E-state index contributed by atoms with van der Waals surface area (Å²) in [6.07, 6.45) is 2.25. The zero-order chi connectivity index (χ0) is 10.3. The maximum atomic E-state index is 11.0. The molecule has 13 heavy (non-hydrogen) atoms. The van der Waals surface area contributed by atoms with Crippen molar-refractivity contribution < 1.29 is 14.3 Å². The summed E-state index contributed by atoms with van der Waals surface area (Å²) in [7, 11) is 1.26. The number of ether oxygens (including phenoxy) is 1. The number of amides is 1. The van der Waals surface area contributed by atoms with Gasteiger partial charge in [-0.3, -0.25) is 4.79 Å². The zero-order valence-corrected chi connectivity index (χ0v) is 8.16. The second-order valence-electron chi connectivity index (χ2n) is 3.00. The molecule has 0 atom stereocenters. The van der Waals surface area contributed by atoms with Gasteiger partial charge in [0.2, 0.25) is 5.91 Å². The Labute approximate surface area is 78.0 Å². The fourth-order valence-corrected chi connectivity index (χ4v) is 0.575. The Balaban J connectivity index is 3.74. The molecule has 0 bridgehead atoms. The second kappa shape index (κ2) is 6.22. The van der Waals surface area contributed by atoms with Crippen LogP contribution >= 0.6 is 0 Å². The summed E-state index contributed by atoms with van der Waals surface area (Å²) in [5.74, 6) is -0.408. The molecule has 0 heterocycles. The van der Waals surface area contributed by atoms with Crippen LogP contribution in [0.25, 0.3) is 0 Å². The largest absolute Gasteiger partial charge is 0.466 e. The van der Waals surface area contributed by atoms with E-state index < -0.39 is 5.97 Å². The van der Waals surface area contributed by atoms with E-state index in [1.807, 2.05) is 13.8 Å². The van der Waals surface area contributed by atoms with Crippen molar-refractivity contribution in [1.29, 1.82) is 0 Å². The molecule has 0 saturated carbocycles. The van der Waals surface area contributed by atoms with Crippen LogP contribution in [0, 0.1) is 5.92 Å². The standard InChI is InChI=1S/C9H15NO3/c1-7(2)6-10-8(11)4-5-9(12)13-3/h4-5,7H,6H2,1-3H3,(H,10,11). The quantitative estimate of drug-likeness (QED) is 0.512. The van der Waals surface area contributed by atoms with Gasteiger partial charge in [-0.2, -0.15) is 0 Å². The average Bonchev–Trinajstić information content (AvgIpc) is 2.10. The highest BCUT2D eigenvalue weighted by atomic mass is 16.5. The van der Waals surface area contributed by atoms with Crippen molar-refractivity contribution in [2.75, 3.05) is 13.7 Å². The topological polar surface area (TPSA) is 55.4 Å². The van der Waals surface area contributed by atoms with E-state index in [0.717, 1.165) is 12.2 Å². The lowest BCUT2D eigenvalue weighted by molar-refractivity contribution is -0.135. The van der Waals surface area contributed by atoms with Gasteiger partial charge in [0.1, 0.15) is 0 Å². The maximum Gasteiger partial charge on any atom is 0.330 e. The molecule has 1 N–H and O–H groups in total. The third-order valence-corrected chi connectivity index (χ3v) is 1.26. The van der Waals surface area contributed by atoms with Crippen LogP contribution in [-0.4, -0.2) is 25.5 Å². The van der Waals surface area contributed by atoms with Crippen LogP contribution in [0.2, 0.25) is 0 Å². The third-order valence-electron chi connectivity index (χ3n) is 1.26. The minimum absolute atomic E-state index is 0.279. The highest BCUT2D eigenvalue weighted by molar-refractivity contribution is 5.94. The SMILES string of the molecule is COC(=O)C=CC(=O)NCC(C)C. The monoisotopic (exact) mass is 185 g/mol. The Hall–Kier alpha value is -1.32. The zero-order valence-electron chi connectivity index (χ0n) is 8.16. The van der Waals surface area contributed by atoms with Crippen molar-refractivity contribution in [1.82, 2.24) is 5.32 Å². The van der Waals surface area contributed by atoms with E-state index >= 15 is 0 Å². The Kier molecular flexibility index (Phi) is 5.59. The molecule has 0 saturated heterocycles. The first kappa shape index (κ1) is 11.7. The molecule has 0 aromatic carbocycles. The number of carbonyl (C=O) groups is 2. The predicted molar refractivity (Wildman–Crippen MR) is 49.0 cm³/mol. The van der Waals surface area contributed by atoms with Gasteiger partial charge in [0.05, 0.1) is 7.11 Å². The molecule has 0 spiro atoms. The lowest BCUT2D eigenvalue weighted by atomic mass is 10.2. The number of carbonyl (C=O) groups excluding carboxylic acids is 2. The number of methoxy groups -OCH3 is 1. The fourth-order valence-electron chi connectivity index (χ4n) is 0.575. The van der Waals surface area contributed by atoms with E-state index in [0.29, 0.717) is 12.5 Å². The second-order valence-corrected chi connectivity index (χ2v) is 3.00. The summed E-state index contributed by atoms with van der Waals surface area (Å²) in [4.78, 5) is 21.5. The van der Waals surface area contributed by atoms with E-state index in [9.17, 15) is 9.59 Å². The molecule has 0 aromatic heterocycles. The predicted octanol–water partition coefficient (Wildman–Crippen LogP) is 0.488. The number of esters is 1. The first-order valence-corrected chi connectivity index (χ1v) is 4.10. The number of hydrogen-bond acceptors (Lipinski definition) is 3. The van der Waals surface area contributed by atoms with Gasteiger partial charge in [-0.1, -0.05) is 13.8 Å². The molecule has 4 heteroatoms. The molecule has 74 valence electrons. The Bertz CT molecular complexity index is 209. The van der Waals surface area contributed by atoms with Gasteiger partial charge in [-0.05, 0) is 5.92 Å². The van der Waals surface area contributed by atoms with Crippen molar-refractivity contribution in [3.05, 3.63) is 12.2 Å². The number of hydrogen-bond donors (Lipinski definition) is 1. The molecule has 1 amide bonds. The summed E-state index contributed by atoms with van der Waals surface area (Å²) in [6.45, 7) is 4.58. The smallest absolute Gasteiger partial charge is 0.330 e. The summed E-state index contributed by atoms with van der Waals surface area (Å²) in [5, 5.41) is 2.63. The minimum Gasteiger partial charge on any atom is -0.466 e. The Morgan fingerprint density at radius 1 is 1.38 bits per heavy atom. The van der Waals surface area contributed by atoms with Gasteiger partial charge in [0.15, 0.2) is 0 Å². The van der Waals surface area contributed by atoms with E-state index in [1.165, 1.54) is 7.11 Å². The van der Waals surface area contributed by atoms with Crippen LogP contribution < -0.4 is 5.32 Å². The first-order valence-electron chi connectivity index (χ1n) is 4.10. The molecule has 0 aliphatic rings. The van der Waals surface area contributed by atoms with Crippen LogP contribution in [0.5, 0.6) is 0 Å². The molecule has 0 unspecified atom stereocenters. The molecular weight excluding hydrogens is 170 g/mol. The van der Waals surface area contributed by atoms with E-state index in [-0.39, 0.29) is 5.91 Å². The summed E-state index contributed by atoms with van der Waals surface area (Å²) in [5.41, 5.74) is 0. The maximum absolute atomic E-state index is 11.0. The van der Waals surface area contributed by atoms with Gasteiger partial charge < -0.3 is 10.1 Å². The van der Waals surface area contributed by atoms with Crippen molar-refractivity contribution >= 4 is 11.9 Å². The van der Waals surface area contributed by atoms with Gasteiger partial charge in [0, 0.05) is 18.7 Å². The Morgan fingerprint density at radius 3 is 2.46 bits per heavy atom. The van der Waals surface area contributed by atoms with E-state index in [1.54, 1.807) is 0 Å². The van der Waals surface area contributed by atoms with Gasteiger partial charge in [-0.15, -0.1) is 0 Å². The molecule has 0 radical (unpaired) electrons. The Morgan fingerprint density at radius 2 is 2.00 bits per heavy atom. The van der Waals surface area contributed by atoms with Crippen LogP contribution in [-0.2, 0) is 14.3 Å². The lowest BCUT2D eigenvalue weighted by Gasteiger charge is -2.03. The van der Waals surface area contributed by atoms with Crippen molar-refractivity contribution in [2.24, 2.45) is 5.92 Å². The molecule has 0 aromatic rings. The molecule has 0 aliphatic heterocycles. The lowest BCUT2D eigenvalue weighted by Crippen LogP contribution is -2.25. The summed E-state index contributed by atoms with van der Waals surface area (Å²) in [6, 6.07) is 0. The van der Waals surface area contributed by atoms with Crippen LogP contribution in [0.4, 0.5) is 0 Å². The third kappa shape index (κ3) is 7.05. The van der Waals surface area contributed by atoms with Gasteiger partial charge >= 0.3 is 5.97 Å². The van der Waals surface area contributed by atoms with Crippen molar-refractivity contribution in [2.45, 2.75) is 13.8 Å². The molecular formula is C9H15NO3. The van der Waals surface area contributed by atoms with Crippen LogP contribution in [0.15, 0.2) is 12.2 Å². The highest BCUT2D eigenvalue weighted by Gasteiger charge is 1.98. The minimum atomic E-state index is -0.528. The molecule has 0 fully saturated rings. The molecule has 0 rings (SSSR count). The highest BCUT2D eigenvalue weighted by Crippen LogP contribution is 1.87. The van der Waals surface area contributed by atoms with Crippen molar-refractivity contribution in [3.8, 4) is 0 Å². The summed E-state index contributed by atoms with van der Waals surface area (Å²) >= 11 is 0. The number of nitrogens with one attached hydrogen (secondary N) is 1. The van der Waals surface area contributed by atoms with E-state index in [2.05, 4.69) is 10.1 Å². The first-order chi connectivity index (χ1) is 6.06. The van der Waals surface area contributed by atoms with Gasteiger partial charge in [-0.25, -0.2) is 4.79 Å². The molecule has 4 nitrogen and oxygen atoms in total. The summed E-state index contributed by atoms with van der Waals surface area (Å²) < 4.78 is 4.32. The number of rotatable bonds is 4. The van der Waals surface area contributed by atoms with Crippen LogP contribution in [0.3, 0.4) is 0 Å². The van der Waals surface area contributed by atoms with Crippen molar-refractivity contribution in [3.63, 3.8) is 0 Å².